The number of carbonyl (C=O) groups is 1. The summed E-state index contributed by atoms with van der Waals surface area (Å²) in [7, 11) is 0. The maximum atomic E-state index is 11.1. The van der Waals surface area contributed by atoms with E-state index >= 15 is 0 Å². The Hall–Kier alpha value is -1.86. The first-order valence-electron chi connectivity index (χ1n) is 7.46. The van der Waals surface area contributed by atoms with Gasteiger partial charge in [0.25, 0.3) is 0 Å². The molecule has 7 nitrogen and oxygen atoms in total. The van der Waals surface area contributed by atoms with Gasteiger partial charge in [-0.2, -0.15) is 0 Å². The average Bonchev–Trinajstić information content (AvgIpc) is 3.25. The Morgan fingerprint density at radius 1 is 1.55 bits per heavy atom. The van der Waals surface area contributed by atoms with Gasteiger partial charge in [-0.1, -0.05) is 0 Å². The van der Waals surface area contributed by atoms with Crippen molar-refractivity contribution in [2.75, 3.05) is 5.73 Å². The van der Waals surface area contributed by atoms with Gasteiger partial charge in [0.15, 0.2) is 0 Å². The highest BCUT2D eigenvalue weighted by Crippen LogP contribution is 2.47. The number of nitrogens with two attached hydrogens (primary N) is 1. The van der Waals surface area contributed by atoms with Crippen molar-refractivity contribution >= 4 is 11.8 Å². The number of ether oxygens (including phenoxy) is 1. The van der Waals surface area contributed by atoms with Crippen molar-refractivity contribution in [2.45, 2.75) is 50.0 Å². The van der Waals surface area contributed by atoms with Crippen LogP contribution in [0.4, 0.5) is 10.5 Å². The van der Waals surface area contributed by atoms with E-state index in [1.807, 2.05) is 0 Å². The summed E-state index contributed by atoms with van der Waals surface area (Å²) in [5, 5.41) is 22.3. The zero-order valence-corrected chi connectivity index (χ0v) is 12.4. The topological polar surface area (TPSA) is 118 Å². The molecule has 2 heterocycles. The molecule has 0 unspecified atom stereocenters. The largest absolute Gasteiger partial charge is 0.465 e. The van der Waals surface area contributed by atoms with Crippen LogP contribution in [0.25, 0.3) is 0 Å². The molecule has 1 aliphatic carbocycles. The Balaban J connectivity index is 1.90. The van der Waals surface area contributed by atoms with Crippen LogP contribution in [-0.2, 0) is 4.74 Å². The molecular formula is C15H21N3O4. The molecule has 0 bridgehead atoms. The molecule has 0 spiro atoms. The van der Waals surface area contributed by atoms with Gasteiger partial charge < -0.3 is 26.0 Å². The molecule has 1 amide bonds. The lowest BCUT2D eigenvalue weighted by atomic mass is 9.80. The monoisotopic (exact) mass is 307 g/mol. The summed E-state index contributed by atoms with van der Waals surface area (Å²) in [5.41, 5.74) is 6.02. The van der Waals surface area contributed by atoms with Crippen molar-refractivity contribution in [2.24, 2.45) is 5.92 Å². The smallest absolute Gasteiger partial charge is 0.404 e. The third-order valence-corrected chi connectivity index (χ3v) is 4.62. The van der Waals surface area contributed by atoms with E-state index in [4.69, 9.17) is 15.6 Å². The van der Waals surface area contributed by atoms with E-state index < -0.39 is 23.8 Å². The number of anilines is 1. The molecule has 0 radical (unpaired) electrons. The number of hydrogen-bond acceptors (Lipinski definition) is 5. The Kier molecular flexibility index (Phi) is 3.70. The van der Waals surface area contributed by atoms with Crippen molar-refractivity contribution in [3.63, 3.8) is 0 Å². The molecule has 3 rings (SSSR count). The lowest BCUT2D eigenvalue weighted by molar-refractivity contribution is -0.191. The first-order chi connectivity index (χ1) is 10.4. The first-order valence-corrected chi connectivity index (χ1v) is 7.46. The summed E-state index contributed by atoms with van der Waals surface area (Å²) in [6.07, 6.45) is 3.57. The second-order valence-electron chi connectivity index (χ2n) is 6.35. The Bertz CT molecular complexity index is 574. The number of rotatable bonds is 3. The van der Waals surface area contributed by atoms with Gasteiger partial charge in [-0.05, 0) is 31.7 Å². The maximum Gasteiger partial charge on any atom is 0.404 e. The molecule has 120 valence electrons. The lowest BCUT2D eigenvalue weighted by Gasteiger charge is -2.46. The maximum absolute atomic E-state index is 11.1. The lowest BCUT2D eigenvalue weighted by Crippen LogP contribution is -2.62. The molecule has 1 saturated heterocycles. The van der Waals surface area contributed by atoms with E-state index in [0.29, 0.717) is 12.1 Å². The first kappa shape index (κ1) is 15.1. The van der Waals surface area contributed by atoms with Gasteiger partial charge in [-0.3, -0.25) is 4.98 Å². The van der Waals surface area contributed by atoms with Crippen LogP contribution >= 0.6 is 0 Å². The predicted molar refractivity (Wildman–Crippen MR) is 79.2 cm³/mol. The fourth-order valence-corrected chi connectivity index (χ4v) is 3.27. The highest BCUT2D eigenvalue weighted by molar-refractivity contribution is 5.65. The third kappa shape index (κ3) is 2.74. The normalized spacial score (nSPS) is 35.1. The second-order valence-corrected chi connectivity index (χ2v) is 6.35. The summed E-state index contributed by atoms with van der Waals surface area (Å²) in [4.78, 5) is 15.0. The Morgan fingerprint density at radius 2 is 2.27 bits per heavy atom. The third-order valence-electron chi connectivity index (χ3n) is 4.62. The van der Waals surface area contributed by atoms with Gasteiger partial charge in [-0.15, -0.1) is 0 Å². The van der Waals surface area contributed by atoms with E-state index in [1.165, 1.54) is 0 Å². The zero-order chi connectivity index (χ0) is 15.9. The number of nitrogens with one attached hydrogen (secondary N) is 1. The minimum Gasteiger partial charge on any atom is -0.465 e. The van der Waals surface area contributed by atoms with Gasteiger partial charge >= 0.3 is 6.09 Å². The van der Waals surface area contributed by atoms with Gasteiger partial charge in [0, 0.05) is 18.2 Å². The van der Waals surface area contributed by atoms with E-state index in [-0.39, 0.29) is 12.0 Å². The van der Waals surface area contributed by atoms with Crippen molar-refractivity contribution in [3.05, 3.63) is 24.0 Å². The van der Waals surface area contributed by atoms with Crippen LogP contribution in [0.2, 0.25) is 0 Å². The number of pyridine rings is 1. The summed E-state index contributed by atoms with van der Waals surface area (Å²) in [5.74, 6) is 0.263. The molecule has 2 aliphatic rings. The fourth-order valence-electron chi connectivity index (χ4n) is 3.27. The van der Waals surface area contributed by atoms with Crippen LogP contribution in [0.1, 0.15) is 37.9 Å². The molecule has 0 aromatic carbocycles. The molecule has 2 fully saturated rings. The SMILES string of the molecule is C[C@@]1(O)[C@@H](C2CC2)O[C@@H](c2ccncc2N)C[C@H]1NC(=O)O. The van der Waals surface area contributed by atoms with Gasteiger partial charge in [0.2, 0.25) is 0 Å². The number of aromatic nitrogens is 1. The average molecular weight is 307 g/mol. The van der Waals surface area contributed by atoms with Crippen molar-refractivity contribution in [1.82, 2.24) is 10.3 Å². The van der Waals surface area contributed by atoms with Gasteiger partial charge in [-0.25, -0.2) is 4.79 Å². The number of hydrogen-bond donors (Lipinski definition) is 4. The summed E-state index contributed by atoms with van der Waals surface area (Å²) >= 11 is 0. The van der Waals surface area contributed by atoms with Crippen LogP contribution in [0, 0.1) is 5.92 Å². The van der Waals surface area contributed by atoms with E-state index in [2.05, 4.69) is 10.3 Å². The zero-order valence-electron chi connectivity index (χ0n) is 12.4. The summed E-state index contributed by atoms with van der Waals surface area (Å²) in [6, 6.07) is 1.17. The molecule has 4 atom stereocenters. The van der Waals surface area contributed by atoms with Crippen molar-refractivity contribution in [1.29, 1.82) is 0 Å². The molecule has 7 heteroatoms. The van der Waals surface area contributed by atoms with Crippen LogP contribution in [0.5, 0.6) is 0 Å². The summed E-state index contributed by atoms with van der Waals surface area (Å²) < 4.78 is 6.11. The second kappa shape index (κ2) is 5.40. The minimum atomic E-state index is -1.24. The van der Waals surface area contributed by atoms with Crippen molar-refractivity contribution < 1.29 is 19.7 Å². The standard InChI is InChI=1S/C15H21N3O4/c1-15(21)12(18-14(19)20)6-11(22-13(15)8-2-3-8)9-4-5-17-7-10(9)16/h4-5,7-8,11-13,18,21H,2-3,6,16H2,1H3,(H,19,20)/t11-,12-,13-,15+/m1/s1. The number of nitrogen functional groups attached to an aromatic ring is 1. The highest BCUT2D eigenvalue weighted by Gasteiger charge is 2.53. The quantitative estimate of drug-likeness (QED) is 0.668. The van der Waals surface area contributed by atoms with Gasteiger partial charge in [0.05, 0.1) is 30.1 Å². The molecular weight excluding hydrogens is 286 g/mol. The highest BCUT2D eigenvalue weighted by atomic mass is 16.5. The van der Waals surface area contributed by atoms with Crippen LogP contribution in [0.3, 0.4) is 0 Å². The number of aliphatic hydroxyl groups is 1. The van der Waals surface area contributed by atoms with E-state index in [0.717, 1.165) is 18.4 Å². The Labute approximate surface area is 128 Å². The molecule has 1 aromatic rings. The minimum absolute atomic E-state index is 0.263. The number of carboxylic acid groups (broad SMARTS) is 1. The van der Waals surface area contributed by atoms with Crippen molar-refractivity contribution in [3.8, 4) is 0 Å². The number of nitrogens with zero attached hydrogens (tertiary/aromatic N) is 1. The number of amides is 1. The summed E-state index contributed by atoms with van der Waals surface area (Å²) in [6.45, 7) is 1.64. The molecule has 22 heavy (non-hydrogen) atoms. The van der Waals surface area contributed by atoms with E-state index in [9.17, 15) is 9.90 Å². The van der Waals surface area contributed by atoms with Crippen LogP contribution in [-0.4, -0.2) is 39.0 Å². The van der Waals surface area contributed by atoms with Crippen LogP contribution < -0.4 is 11.1 Å². The van der Waals surface area contributed by atoms with Gasteiger partial charge in [0.1, 0.15) is 5.60 Å². The predicted octanol–water partition coefficient (Wildman–Crippen LogP) is 1.29. The molecule has 1 aliphatic heterocycles. The molecule has 1 saturated carbocycles. The van der Waals surface area contributed by atoms with Crippen LogP contribution in [0.15, 0.2) is 18.5 Å². The molecule has 1 aromatic heterocycles. The Morgan fingerprint density at radius 3 is 2.86 bits per heavy atom. The van der Waals surface area contributed by atoms with E-state index in [1.54, 1.807) is 25.4 Å². The fraction of sp³-hybridized carbons (Fsp3) is 0.600. The molecule has 5 N–H and O–H groups in total.